The highest BCUT2D eigenvalue weighted by molar-refractivity contribution is 5.72. The van der Waals surface area contributed by atoms with E-state index in [1.807, 2.05) is 0 Å². The van der Waals surface area contributed by atoms with Gasteiger partial charge in [-0.25, -0.2) is 0 Å². The maximum Gasteiger partial charge on any atom is 0.308 e. The molecule has 0 fully saturated rings. The van der Waals surface area contributed by atoms with Crippen LogP contribution in [0.1, 0.15) is 26.7 Å². The maximum absolute atomic E-state index is 10.9. The van der Waals surface area contributed by atoms with Crippen LogP contribution in [0, 0.1) is 5.92 Å². The second-order valence-electron chi connectivity index (χ2n) is 2.40. The first-order chi connectivity index (χ1) is 5.22. The molecule has 0 aliphatic heterocycles. The van der Waals surface area contributed by atoms with Crippen molar-refractivity contribution < 1.29 is 14.3 Å². The molecular weight excluding hydrogens is 144 g/mol. The van der Waals surface area contributed by atoms with Crippen molar-refractivity contribution in [3.8, 4) is 0 Å². The van der Waals surface area contributed by atoms with E-state index in [-0.39, 0.29) is 11.9 Å². The first kappa shape index (κ1) is 10.1. The molecule has 0 aromatic rings. The number of hydrogen-bond donors (Lipinski definition) is 0. The average molecular weight is 158 g/mol. The Bertz CT molecular complexity index is 131. The van der Waals surface area contributed by atoms with Crippen molar-refractivity contribution in [2.75, 3.05) is 6.61 Å². The van der Waals surface area contributed by atoms with Crippen molar-refractivity contribution >= 4 is 12.3 Å². The van der Waals surface area contributed by atoms with E-state index in [0.29, 0.717) is 19.4 Å². The van der Waals surface area contributed by atoms with Gasteiger partial charge < -0.3 is 9.53 Å². The van der Waals surface area contributed by atoms with Gasteiger partial charge in [0.2, 0.25) is 0 Å². The zero-order valence-electron chi connectivity index (χ0n) is 7.00. The number of esters is 1. The highest BCUT2D eigenvalue weighted by atomic mass is 16.5. The van der Waals surface area contributed by atoms with Crippen LogP contribution in [0.4, 0.5) is 0 Å². The third-order valence-electron chi connectivity index (χ3n) is 1.41. The molecule has 0 heterocycles. The summed E-state index contributed by atoms with van der Waals surface area (Å²) in [6, 6.07) is 0. The predicted molar refractivity (Wildman–Crippen MR) is 41.1 cm³/mol. The van der Waals surface area contributed by atoms with Gasteiger partial charge in [0, 0.05) is 6.42 Å². The van der Waals surface area contributed by atoms with Gasteiger partial charge in [-0.15, -0.1) is 0 Å². The van der Waals surface area contributed by atoms with Crippen LogP contribution >= 0.6 is 0 Å². The van der Waals surface area contributed by atoms with E-state index < -0.39 is 0 Å². The summed E-state index contributed by atoms with van der Waals surface area (Å²) in [5, 5.41) is 0. The Kier molecular flexibility index (Phi) is 5.43. The summed E-state index contributed by atoms with van der Waals surface area (Å²) in [4.78, 5) is 20.8. The van der Waals surface area contributed by atoms with Gasteiger partial charge in [-0.1, -0.05) is 6.92 Å². The van der Waals surface area contributed by atoms with E-state index in [1.54, 1.807) is 13.8 Å². The Balaban J connectivity index is 3.54. The average Bonchev–Trinajstić information content (AvgIpc) is 2.00. The van der Waals surface area contributed by atoms with Crippen molar-refractivity contribution in [1.29, 1.82) is 0 Å². The van der Waals surface area contributed by atoms with Gasteiger partial charge in [0.05, 0.1) is 12.5 Å². The molecule has 0 rings (SSSR count). The monoisotopic (exact) mass is 158 g/mol. The number of aldehydes is 1. The molecule has 11 heavy (non-hydrogen) atoms. The lowest BCUT2D eigenvalue weighted by molar-refractivity contribution is -0.147. The molecule has 0 spiro atoms. The fourth-order valence-electron chi connectivity index (χ4n) is 0.720. The van der Waals surface area contributed by atoms with Crippen LogP contribution in [0.2, 0.25) is 0 Å². The van der Waals surface area contributed by atoms with Gasteiger partial charge in [0.25, 0.3) is 0 Å². The first-order valence-electron chi connectivity index (χ1n) is 3.82. The van der Waals surface area contributed by atoms with Crippen molar-refractivity contribution in [2.24, 2.45) is 5.92 Å². The number of carbonyl (C=O) groups is 2. The van der Waals surface area contributed by atoms with E-state index in [4.69, 9.17) is 4.74 Å². The van der Waals surface area contributed by atoms with Gasteiger partial charge in [-0.2, -0.15) is 0 Å². The lowest BCUT2D eigenvalue weighted by Gasteiger charge is -2.07. The minimum Gasteiger partial charge on any atom is -0.466 e. The maximum atomic E-state index is 10.9. The van der Waals surface area contributed by atoms with Crippen LogP contribution < -0.4 is 0 Å². The number of ether oxygens (including phenoxy) is 1. The van der Waals surface area contributed by atoms with Gasteiger partial charge in [0.1, 0.15) is 6.29 Å². The second kappa shape index (κ2) is 5.89. The standard InChI is InChI=1S/C8H14O3/c1-3-11-8(10)7(2)5-4-6-9/h6-7H,3-5H2,1-2H3. The molecular formula is C8H14O3. The van der Waals surface area contributed by atoms with Crippen LogP contribution in [0.25, 0.3) is 0 Å². The molecule has 0 bridgehead atoms. The molecule has 0 radical (unpaired) electrons. The normalized spacial score (nSPS) is 12.2. The Labute approximate surface area is 66.7 Å². The van der Waals surface area contributed by atoms with E-state index in [2.05, 4.69) is 0 Å². The summed E-state index contributed by atoms with van der Waals surface area (Å²) >= 11 is 0. The van der Waals surface area contributed by atoms with Crippen LogP contribution in [-0.4, -0.2) is 18.9 Å². The quantitative estimate of drug-likeness (QED) is 0.445. The SMILES string of the molecule is CCOC(=O)C(C)CCC=O. The third kappa shape index (κ3) is 4.53. The number of carbonyl (C=O) groups excluding carboxylic acids is 2. The molecule has 0 aliphatic rings. The summed E-state index contributed by atoms with van der Waals surface area (Å²) in [5.74, 6) is -0.366. The van der Waals surface area contributed by atoms with E-state index in [9.17, 15) is 9.59 Å². The lowest BCUT2D eigenvalue weighted by atomic mass is 10.1. The van der Waals surface area contributed by atoms with Crippen LogP contribution in [0.3, 0.4) is 0 Å². The van der Waals surface area contributed by atoms with Crippen molar-refractivity contribution in [1.82, 2.24) is 0 Å². The molecule has 0 saturated heterocycles. The van der Waals surface area contributed by atoms with E-state index >= 15 is 0 Å². The molecule has 3 nitrogen and oxygen atoms in total. The molecule has 64 valence electrons. The smallest absolute Gasteiger partial charge is 0.308 e. The van der Waals surface area contributed by atoms with Crippen molar-refractivity contribution in [3.05, 3.63) is 0 Å². The molecule has 1 atom stereocenters. The minimum atomic E-state index is -0.214. The molecule has 0 N–H and O–H groups in total. The number of hydrogen-bond acceptors (Lipinski definition) is 3. The molecule has 1 unspecified atom stereocenters. The number of rotatable bonds is 5. The summed E-state index contributed by atoms with van der Waals surface area (Å²) in [6.45, 7) is 3.94. The lowest BCUT2D eigenvalue weighted by Crippen LogP contribution is -2.14. The Morgan fingerprint density at radius 2 is 2.27 bits per heavy atom. The van der Waals surface area contributed by atoms with Gasteiger partial charge in [-0.3, -0.25) is 4.79 Å². The Hall–Kier alpha value is -0.860. The highest BCUT2D eigenvalue weighted by Crippen LogP contribution is 2.05. The summed E-state index contributed by atoms with van der Waals surface area (Å²) in [5.41, 5.74) is 0. The highest BCUT2D eigenvalue weighted by Gasteiger charge is 2.12. The van der Waals surface area contributed by atoms with Crippen molar-refractivity contribution in [3.63, 3.8) is 0 Å². The zero-order chi connectivity index (χ0) is 8.69. The van der Waals surface area contributed by atoms with Crippen LogP contribution in [0.5, 0.6) is 0 Å². The zero-order valence-corrected chi connectivity index (χ0v) is 7.00. The Morgan fingerprint density at radius 1 is 1.64 bits per heavy atom. The van der Waals surface area contributed by atoms with Crippen molar-refractivity contribution in [2.45, 2.75) is 26.7 Å². The van der Waals surface area contributed by atoms with Crippen LogP contribution in [-0.2, 0) is 14.3 Å². The molecule has 0 saturated carbocycles. The predicted octanol–water partition coefficient (Wildman–Crippen LogP) is 1.16. The molecule has 0 amide bonds. The van der Waals surface area contributed by atoms with Gasteiger partial charge in [0.15, 0.2) is 0 Å². The second-order valence-corrected chi connectivity index (χ2v) is 2.40. The van der Waals surface area contributed by atoms with Crippen LogP contribution in [0.15, 0.2) is 0 Å². The van der Waals surface area contributed by atoms with E-state index in [0.717, 1.165) is 6.29 Å². The summed E-state index contributed by atoms with van der Waals surface area (Å²) < 4.78 is 4.75. The fraction of sp³-hybridized carbons (Fsp3) is 0.750. The molecule has 0 aromatic heterocycles. The first-order valence-corrected chi connectivity index (χ1v) is 3.82. The topological polar surface area (TPSA) is 43.4 Å². The molecule has 3 heteroatoms. The molecule has 0 aromatic carbocycles. The van der Waals surface area contributed by atoms with Gasteiger partial charge >= 0.3 is 5.97 Å². The molecule has 0 aliphatic carbocycles. The Morgan fingerprint density at radius 3 is 2.73 bits per heavy atom. The largest absolute Gasteiger partial charge is 0.466 e. The fourth-order valence-corrected chi connectivity index (χ4v) is 0.720. The minimum absolute atomic E-state index is 0.153. The summed E-state index contributed by atoms with van der Waals surface area (Å²) in [6.07, 6.45) is 1.83. The summed E-state index contributed by atoms with van der Waals surface area (Å²) in [7, 11) is 0. The van der Waals surface area contributed by atoms with E-state index in [1.165, 1.54) is 0 Å². The van der Waals surface area contributed by atoms with Gasteiger partial charge in [-0.05, 0) is 13.3 Å². The third-order valence-corrected chi connectivity index (χ3v) is 1.41.